The number of fused-ring (bicyclic) bond motifs is 1. The highest BCUT2D eigenvalue weighted by atomic mass is 28.3. The Morgan fingerprint density at radius 1 is 0.773 bits per heavy atom. The van der Waals surface area contributed by atoms with Crippen molar-refractivity contribution in [1.29, 1.82) is 0 Å². The third-order valence-corrected chi connectivity index (χ3v) is 10.7. The van der Waals surface area contributed by atoms with Gasteiger partial charge in [0.05, 0.1) is 8.07 Å². The van der Waals surface area contributed by atoms with E-state index in [4.69, 9.17) is 0 Å². The second-order valence-corrected chi connectivity index (χ2v) is 17.3. The van der Waals surface area contributed by atoms with E-state index in [2.05, 4.69) is 88.2 Å². The molecule has 0 aromatic heterocycles. The van der Waals surface area contributed by atoms with E-state index in [1.54, 1.807) is 21.1 Å². The van der Waals surface area contributed by atoms with Crippen LogP contribution in [0.15, 0.2) is 48.5 Å². The normalized spacial score (nSPS) is 16.8. The molecular weight excluding hydrogens is 296 g/mol. The number of hydrogen-bond acceptors (Lipinski definition) is 0. The third-order valence-electron chi connectivity index (χ3n) is 4.91. The Kier molecular flexibility index (Phi) is 3.57. The van der Waals surface area contributed by atoms with Crippen molar-refractivity contribution in [3.63, 3.8) is 0 Å². The van der Waals surface area contributed by atoms with Gasteiger partial charge in [-0.25, -0.2) is 0 Å². The van der Waals surface area contributed by atoms with Crippen LogP contribution in [0.2, 0.25) is 32.7 Å². The summed E-state index contributed by atoms with van der Waals surface area (Å²) in [5, 5.41) is 5.03. The average molecular weight is 323 g/mol. The van der Waals surface area contributed by atoms with Crippen LogP contribution in [-0.2, 0) is 0 Å². The fraction of sp³-hybridized carbons (Fsp3) is 0.300. The first kappa shape index (κ1) is 15.5. The van der Waals surface area contributed by atoms with Crippen molar-refractivity contribution in [1.82, 2.24) is 0 Å². The Hall–Kier alpha value is -1.39. The number of rotatable bonds is 2. The first-order valence-electron chi connectivity index (χ1n) is 8.15. The van der Waals surface area contributed by atoms with Crippen molar-refractivity contribution < 1.29 is 0 Å². The first-order chi connectivity index (χ1) is 10.2. The predicted molar refractivity (Wildman–Crippen MR) is 105 cm³/mol. The Labute approximate surface area is 136 Å². The quantitative estimate of drug-likeness (QED) is 0.662. The summed E-state index contributed by atoms with van der Waals surface area (Å²) in [6, 6.07) is 18.1. The van der Waals surface area contributed by atoms with Crippen LogP contribution in [0, 0.1) is 6.92 Å². The lowest BCUT2D eigenvalue weighted by Gasteiger charge is -2.27. The summed E-state index contributed by atoms with van der Waals surface area (Å²) in [5.74, 6) is 0. The van der Waals surface area contributed by atoms with Gasteiger partial charge in [0, 0.05) is 0 Å². The SMILES string of the molecule is Cc1ccccc1C1=C([Si](C)(C)C)c2ccccc2[Si]1(C)C. The lowest BCUT2D eigenvalue weighted by Crippen LogP contribution is -2.40. The molecule has 2 aromatic rings. The molecule has 0 saturated carbocycles. The topological polar surface area (TPSA) is 0 Å². The number of benzene rings is 2. The van der Waals surface area contributed by atoms with Gasteiger partial charge in [-0.2, -0.15) is 0 Å². The zero-order valence-corrected chi connectivity index (χ0v) is 16.6. The molecule has 1 heterocycles. The number of hydrogen-bond donors (Lipinski definition) is 0. The second kappa shape index (κ2) is 5.07. The molecule has 114 valence electrons. The molecule has 0 nitrogen and oxygen atoms in total. The third kappa shape index (κ3) is 2.25. The second-order valence-electron chi connectivity index (χ2n) is 7.99. The maximum absolute atomic E-state index is 2.53. The fourth-order valence-electron chi connectivity index (χ4n) is 3.93. The number of aryl methyl sites for hydroxylation is 1. The van der Waals surface area contributed by atoms with Gasteiger partial charge in [-0.3, -0.25) is 0 Å². The molecule has 22 heavy (non-hydrogen) atoms. The highest BCUT2D eigenvalue weighted by Crippen LogP contribution is 2.44. The van der Waals surface area contributed by atoms with Crippen molar-refractivity contribution in [3.05, 3.63) is 65.2 Å². The van der Waals surface area contributed by atoms with Crippen molar-refractivity contribution in [2.24, 2.45) is 0 Å². The van der Waals surface area contributed by atoms with E-state index >= 15 is 0 Å². The Morgan fingerprint density at radius 3 is 1.91 bits per heavy atom. The maximum Gasteiger partial charge on any atom is 0.113 e. The molecule has 0 unspecified atom stereocenters. The van der Waals surface area contributed by atoms with E-state index in [1.165, 1.54) is 11.1 Å². The van der Waals surface area contributed by atoms with Gasteiger partial charge in [-0.1, -0.05) is 86.5 Å². The fourth-order valence-corrected chi connectivity index (χ4v) is 11.4. The van der Waals surface area contributed by atoms with E-state index in [1.807, 2.05) is 0 Å². The highest BCUT2D eigenvalue weighted by Gasteiger charge is 2.43. The van der Waals surface area contributed by atoms with Crippen LogP contribution in [0.4, 0.5) is 0 Å². The van der Waals surface area contributed by atoms with Gasteiger partial charge >= 0.3 is 0 Å². The molecule has 0 fully saturated rings. The lowest BCUT2D eigenvalue weighted by atomic mass is 10.1. The minimum absolute atomic E-state index is 1.42. The van der Waals surface area contributed by atoms with E-state index < -0.39 is 16.1 Å². The molecule has 1 aliphatic rings. The average Bonchev–Trinajstić information content (AvgIpc) is 2.68. The lowest BCUT2D eigenvalue weighted by molar-refractivity contribution is 1.43. The van der Waals surface area contributed by atoms with Crippen LogP contribution in [-0.4, -0.2) is 16.1 Å². The molecule has 0 aliphatic carbocycles. The summed E-state index contributed by atoms with van der Waals surface area (Å²) in [5.41, 5.74) is 4.46. The van der Waals surface area contributed by atoms with Crippen molar-refractivity contribution in [2.45, 2.75) is 39.7 Å². The molecule has 2 heteroatoms. The van der Waals surface area contributed by atoms with Crippen LogP contribution in [0.3, 0.4) is 0 Å². The first-order valence-corrected chi connectivity index (χ1v) is 14.7. The van der Waals surface area contributed by atoms with E-state index in [-0.39, 0.29) is 0 Å². The predicted octanol–water partition coefficient (Wildman–Crippen LogP) is 5.25. The van der Waals surface area contributed by atoms with Gasteiger partial charge < -0.3 is 0 Å². The van der Waals surface area contributed by atoms with Crippen LogP contribution < -0.4 is 5.19 Å². The van der Waals surface area contributed by atoms with Crippen LogP contribution in [0.5, 0.6) is 0 Å². The molecule has 0 amide bonds. The van der Waals surface area contributed by atoms with Gasteiger partial charge in [0.1, 0.15) is 8.07 Å². The summed E-state index contributed by atoms with van der Waals surface area (Å²) in [4.78, 5) is 0. The zero-order chi connectivity index (χ0) is 16.1. The maximum atomic E-state index is 2.53. The van der Waals surface area contributed by atoms with E-state index in [9.17, 15) is 0 Å². The van der Waals surface area contributed by atoms with Gasteiger partial charge in [0.25, 0.3) is 0 Å². The van der Waals surface area contributed by atoms with E-state index in [0.29, 0.717) is 0 Å². The summed E-state index contributed by atoms with van der Waals surface area (Å²) in [6.07, 6.45) is 0. The minimum Gasteiger partial charge on any atom is -0.0656 e. The summed E-state index contributed by atoms with van der Waals surface area (Å²) < 4.78 is 0. The summed E-state index contributed by atoms with van der Waals surface area (Å²) >= 11 is 0. The van der Waals surface area contributed by atoms with Gasteiger partial charge in [0.15, 0.2) is 0 Å². The summed E-state index contributed by atoms with van der Waals surface area (Å²) in [6.45, 7) is 14.8. The molecular formula is C20H26Si2. The van der Waals surface area contributed by atoms with Crippen molar-refractivity contribution >= 4 is 31.7 Å². The molecule has 0 saturated heterocycles. The largest absolute Gasteiger partial charge is 0.113 e. The molecule has 0 N–H and O–H groups in total. The molecule has 2 aromatic carbocycles. The van der Waals surface area contributed by atoms with Crippen LogP contribution in [0.25, 0.3) is 10.4 Å². The van der Waals surface area contributed by atoms with Gasteiger partial charge in [-0.15, -0.1) is 0 Å². The van der Waals surface area contributed by atoms with Gasteiger partial charge in [-0.05, 0) is 34.0 Å². The zero-order valence-electron chi connectivity index (χ0n) is 14.6. The molecule has 1 aliphatic heterocycles. The Balaban J connectivity index is 2.41. The van der Waals surface area contributed by atoms with Crippen molar-refractivity contribution in [2.75, 3.05) is 0 Å². The van der Waals surface area contributed by atoms with Crippen LogP contribution >= 0.6 is 0 Å². The highest BCUT2D eigenvalue weighted by molar-refractivity contribution is 7.13. The smallest absolute Gasteiger partial charge is 0.0656 e. The summed E-state index contributed by atoms with van der Waals surface area (Å²) in [7, 11) is -3.04. The Bertz CT molecular complexity index is 761. The molecule has 0 atom stereocenters. The molecule has 0 spiro atoms. The Morgan fingerprint density at radius 2 is 1.32 bits per heavy atom. The van der Waals surface area contributed by atoms with Gasteiger partial charge in [0.2, 0.25) is 0 Å². The van der Waals surface area contributed by atoms with Crippen molar-refractivity contribution in [3.8, 4) is 0 Å². The van der Waals surface area contributed by atoms with Crippen LogP contribution in [0.1, 0.15) is 16.7 Å². The molecule has 0 radical (unpaired) electrons. The van der Waals surface area contributed by atoms with E-state index in [0.717, 1.165) is 0 Å². The minimum atomic E-state index is -1.62. The molecule has 3 rings (SSSR count). The molecule has 0 bridgehead atoms. The standard InChI is InChI=1S/C20H26Si2/c1-15-11-7-8-12-16(15)20-19(21(2,3)4)17-13-9-10-14-18(17)22(20,5)6/h7-14H,1-6H3. The monoisotopic (exact) mass is 322 g/mol.